The topological polar surface area (TPSA) is 29.5 Å². The Kier molecular flexibility index (Phi) is 3.29. The van der Waals surface area contributed by atoms with E-state index in [0.29, 0.717) is 17.2 Å². The molecule has 3 heteroatoms. The lowest BCUT2D eigenvalue weighted by Gasteiger charge is -2.45. The van der Waals surface area contributed by atoms with Gasteiger partial charge in [0, 0.05) is 19.0 Å². The van der Waals surface area contributed by atoms with Crippen LogP contribution in [-0.4, -0.2) is 37.1 Å². The average molecular weight is 277 g/mol. The number of nitrogens with zero attached hydrogens (tertiary/aromatic N) is 1. The number of ether oxygens (including phenoxy) is 1. The molecule has 0 radical (unpaired) electrons. The first-order chi connectivity index (χ1) is 9.77. The number of hydrogen-bond donors (Lipinski definition) is 0. The summed E-state index contributed by atoms with van der Waals surface area (Å²) in [5.41, 5.74) is 0.563. The van der Waals surface area contributed by atoms with Crippen molar-refractivity contribution in [2.45, 2.75) is 51.4 Å². The summed E-state index contributed by atoms with van der Waals surface area (Å²) in [7, 11) is 0. The molecule has 4 fully saturated rings. The Balaban J connectivity index is 1.45. The van der Waals surface area contributed by atoms with Crippen LogP contribution >= 0.6 is 0 Å². The van der Waals surface area contributed by atoms with Crippen molar-refractivity contribution < 1.29 is 9.53 Å². The van der Waals surface area contributed by atoms with Crippen LogP contribution in [0.15, 0.2) is 0 Å². The van der Waals surface area contributed by atoms with Crippen LogP contribution in [0.2, 0.25) is 0 Å². The van der Waals surface area contributed by atoms with Crippen molar-refractivity contribution in [3.8, 4) is 0 Å². The van der Waals surface area contributed by atoms with Crippen LogP contribution in [0.3, 0.4) is 0 Å². The fraction of sp³-hybridized carbons (Fsp3) is 0.941. The first-order valence-corrected chi connectivity index (χ1v) is 8.63. The molecule has 1 aliphatic heterocycles. The van der Waals surface area contributed by atoms with Gasteiger partial charge >= 0.3 is 0 Å². The average Bonchev–Trinajstić information content (AvgIpc) is 3.08. The summed E-state index contributed by atoms with van der Waals surface area (Å²) in [6.07, 6.45) is 10.8. The Morgan fingerprint density at radius 1 is 1.10 bits per heavy atom. The van der Waals surface area contributed by atoms with Gasteiger partial charge in [0.2, 0.25) is 5.91 Å². The molecule has 1 saturated heterocycles. The third-order valence-electron chi connectivity index (χ3n) is 6.65. The molecule has 2 bridgehead atoms. The summed E-state index contributed by atoms with van der Waals surface area (Å²) in [5.74, 6) is 2.71. The second kappa shape index (κ2) is 5.01. The highest BCUT2D eigenvalue weighted by Gasteiger charge is 2.53. The summed E-state index contributed by atoms with van der Waals surface area (Å²) in [4.78, 5) is 14.8. The fourth-order valence-electron chi connectivity index (χ4n) is 5.76. The lowest BCUT2D eigenvalue weighted by Crippen LogP contribution is -2.46. The number of hydrogen-bond acceptors (Lipinski definition) is 2. The zero-order chi connectivity index (χ0) is 13.6. The molecule has 4 atom stereocenters. The zero-order valence-electron chi connectivity index (χ0n) is 12.5. The van der Waals surface area contributed by atoms with Gasteiger partial charge in [-0.1, -0.05) is 12.8 Å². The molecule has 2 unspecified atom stereocenters. The van der Waals surface area contributed by atoms with Gasteiger partial charge in [0.15, 0.2) is 0 Å². The van der Waals surface area contributed by atoms with Gasteiger partial charge in [-0.2, -0.15) is 0 Å². The van der Waals surface area contributed by atoms with E-state index in [1.165, 1.54) is 44.9 Å². The van der Waals surface area contributed by atoms with Crippen molar-refractivity contribution in [2.75, 3.05) is 26.3 Å². The van der Waals surface area contributed by atoms with E-state index in [2.05, 4.69) is 4.90 Å². The largest absolute Gasteiger partial charge is 0.378 e. The number of amides is 1. The Labute approximate surface area is 122 Å². The molecular formula is C17H27NO2. The maximum absolute atomic E-state index is 12.8. The minimum Gasteiger partial charge on any atom is -0.378 e. The molecule has 3 nitrogen and oxygen atoms in total. The van der Waals surface area contributed by atoms with Gasteiger partial charge in [0.05, 0.1) is 13.2 Å². The Morgan fingerprint density at radius 2 is 1.95 bits per heavy atom. The normalized spacial score (nSPS) is 44.2. The van der Waals surface area contributed by atoms with Gasteiger partial charge in [-0.3, -0.25) is 4.79 Å². The van der Waals surface area contributed by atoms with Crippen LogP contribution in [0.5, 0.6) is 0 Å². The highest BCUT2D eigenvalue weighted by Crippen LogP contribution is 2.62. The first-order valence-electron chi connectivity index (χ1n) is 8.63. The Hall–Kier alpha value is -0.570. The molecule has 4 aliphatic rings. The summed E-state index contributed by atoms with van der Waals surface area (Å²) in [5, 5.41) is 0. The molecule has 1 heterocycles. The highest BCUT2D eigenvalue weighted by molar-refractivity contribution is 5.79. The number of carbonyl (C=O) groups excluding carboxylic acids is 1. The summed E-state index contributed by atoms with van der Waals surface area (Å²) in [6.45, 7) is 3.09. The number of rotatable bonds is 1. The second-order valence-electron chi connectivity index (χ2n) is 7.67. The molecule has 20 heavy (non-hydrogen) atoms. The van der Waals surface area contributed by atoms with Crippen molar-refractivity contribution in [2.24, 2.45) is 23.2 Å². The summed E-state index contributed by atoms with van der Waals surface area (Å²) in [6, 6.07) is 0. The van der Waals surface area contributed by atoms with Crippen LogP contribution in [0.4, 0.5) is 0 Å². The van der Waals surface area contributed by atoms with Gasteiger partial charge < -0.3 is 9.64 Å². The van der Waals surface area contributed by atoms with Gasteiger partial charge in [-0.25, -0.2) is 0 Å². The molecular weight excluding hydrogens is 250 g/mol. The van der Waals surface area contributed by atoms with E-state index in [4.69, 9.17) is 4.74 Å². The minimum absolute atomic E-state index is 0.321. The molecule has 0 aromatic carbocycles. The zero-order valence-corrected chi connectivity index (χ0v) is 12.5. The van der Waals surface area contributed by atoms with Crippen LogP contribution < -0.4 is 0 Å². The maximum atomic E-state index is 12.8. The molecule has 0 aromatic heterocycles. The molecule has 1 amide bonds. The summed E-state index contributed by atoms with van der Waals surface area (Å²) < 4.78 is 5.38. The Bertz CT molecular complexity index is 390. The van der Waals surface area contributed by atoms with E-state index in [9.17, 15) is 4.79 Å². The van der Waals surface area contributed by atoms with Crippen LogP contribution in [0.1, 0.15) is 51.4 Å². The number of morpholine rings is 1. The van der Waals surface area contributed by atoms with E-state index in [1.807, 2.05) is 0 Å². The van der Waals surface area contributed by atoms with Crippen molar-refractivity contribution in [3.05, 3.63) is 0 Å². The van der Waals surface area contributed by atoms with Gasteiger partial charge in [0.25, 0.3) is 0 Å². The van der Waals surface area contributed by atoms with E-state index < -0.39 is 0 Å². The second-order valence-corrected chi connectivity index (χ2v) is 7.67. The first kappa shape index (κ1) is 13.1. The number of fused-ring (bicyclic) bond motifs is 3. The van der Waals surface area contributed by atoms with Crippen molar-refractivity contribution in [1.29, 1.82) is 0 Å². The monoisotopic (exact) mass is 277 g/mol. The molecule has 0 N–H and O–H groups in total. The van der Waals surface area contributed by atoms with Gasteiger partial charge in [-0.05, 0) is 55.8 Å². The van der Waals surface area contributed by atoms with Crippen molar-refractivity contribution in [1.82, 2.24) is 4.90 Å². The predicted octanol–water partition coefficient (Wildman–Crippen LogP) is 2.84. The third kappa shape index (κ3) is 2.09. The van der Waals surface area contributed by atoms with Crippen LogP contribution in [0, 0.1) is 23.2 Å². The molecule has 4 rings (SSSR count). The van der Waals surface area contributed by atoms with Gasteiger partial charge in [-0.15, -0.1) is 0 Å². The smallest absolute Gasteiger partial charge is 0.225 e. The van der Waals surface area contributed by atoms with Crippen LogP contribution in [0.25, 0.3) is 0 Å². The summed E-state index contributed by atoms with van der Waals surface area (Å²) >= 11 is 0. The SMILES string of the molecule is O=C(C1CCCC2(C1)C[C@@H]1CC[C@H]2C1)N1CCOCC1. The van der Waals surface area contributed by atoms with E-state index in [1.54, 1.807) is 0 Å². The lowest BCUT2D eigenvalue weighted by atomic mass is 9.61. The van der Waals surface area contributed by atoms with E-state index in [-0.39, 0.29) is 0 Å². The number of carbonyl (C=O) groups is 1. The van der Waals surface area contributed by atoms with E-state index >= 15 is 0 Å². The quantitative estimate of drug-likeness (QED) is 0.737. The molecule has 1 spiro atoms. The Morgan fingerprint density at radius 3 is 2.65 bits per heavy atom. The molecule has 3 aliphatic carbocycles. The van der Waals surface area contributed by atoms with Crippen molar-refractivity contribution >= 4 is 5.91 Å². The molecule has 3 saturated carbocycles. The van der Waals surface area contributed by atoms with E-state index in [0.717, 1.165) is 44.6 Å². The highest BCUT2D eigenvalue weighted by atomic mass is 16.5. The maximum Gasteiger partial charge on any atom is 0.225 e. The molecule has 0 aromatic rings. The lowest BCUT2D eigenvalue weighted by molar-refractivity contribution is -0.143. The van der Waals surface area contributed by atoms with Gasteiger partial charge in [0.1, 0.15) is 0 Å². The molecule has 112 valence electrons. The third-order valence-corrected chi connectivity index (χ3v) is 6.65. The standard InChI is InChI=1S/C17H27NO2/c19-16(18-6-8-20-9-7-18)14-2-1-5-17(12-14)11-13-3-4-15(17)10-13/h13-15H,1-12H2/t13-,14?,15+,17?/m1/s1. The minimum atomic E-state index is 0.321. The fourth-order valence-corrected chi connectivity index (χ4v) is 5.76. The van der Waals surface area contributed by atoms with Crippen LogP contribution in [-0.2, 0) is 9.53 Å². The van der Waals surface area contributed by atoms with Crippen molar-refractivity contribution in [3.63, 3.8) is 0 Å². The predicted molar refractivity (Wildman–Crippen MR) is 77.2 cm³/mol.